The number of aryl methyl sites for hydroxylation is 1. The summed E-state index contributed by atoms with van der Waals surface area (Å²) < 4.78 is 26.4. The Morgan fingerprint density at radius 1 is 0.643 bits per heavy atom. The molecule has 0 aliphatic rings. The zero-order chi connectivity index (χ0) is 30.1. The third kappa shape index (κ3) is 7.48. The molecule has 0 atom stereocenters. The highest BCUT2D eigenvalue weighted by Gasteiger charge is 2.15. The van der Waals surface area contributed by atoms with Crippen LogP contribution in [0.3, 0.4) is 0 Å². The lowest BCUT2D eigenvalue weighted by Gasteiger charge is -2.12. The van der Waals surface area contributed by atoms with Crippen LogP contribution < -0.4 is 18.9 Å². The summed E-state index contributed by atoms with van der Waals surface area (Å²) in [5.41, 5.74) is 1.26. The first-order valence-corrected chi connectivity index (χ1v) is 12.8. The quantitative estimate of drug-likeness (QED) is 0.0933. The number of esters is 4. The van der Waals surface area contributed by atoms with Crippen molar-refractivity contribution in [2.75, 3.05) is 6.79 Å². The van der Waals surface area contributed by atoms with E-state index in [1.165, 1.54) is 24.3 Å². The van der Waals surface area contributed by atoms with E-state index in [4.69, 9.17) is 23.7 Å². The molecule has 9 heteroatoms. The summed E-state index contributed by atoms with van der Waals surface area (Å²) in [6.07, 6.45) is 2.60. The van der Waals surface area contributed by atoms with Gasteiger partial charge in [0.05, 0.1) is 11.1 Å². The maximum atomic E-state index is 12.9. The van der Waals surface area contributed by atoms with Gasteiger partial charge in [-0.2, -0.15) is 0 Å². The molecule has 0 spiro atoms. The van der Waals surface area contributed by atoms with Gasteiger partial charge in [0.15, 0.2) is 0 Å². The number of benzene rings is 4. The van der Waals surface area contributed by atoms with E-state index in [0.717, 1.165) is 22.9 Å². The van der Waals surface area contributed by atoms with E-state index >= 15 is 0 Å². The van der Waals surface area contributed by atoms with Crippen LogP contribution in [0.1, 0.15) is 33.2 Å². The molecule has 4 rings (SSSR count). The van der Waals surface area contributed by atoms with Gasteiger partial charge < -0.3 is 23.7 Å². The van der Waals surface area contributed by atoms with E-state index < -0.39 is 23.9 Å². The first kappa shape index (κ1) is 29.3. The van der Waals surface area contributed by atoms with Crippen molar-refractivity contribution in [3.63, 3.8) is 0 Å². The second-order valence-electron chi connectivity index (χ2n) is 8.71. The van der Waals surface area contributed by atoms with Crippen molar-refractivity contribution in [3.05, 3.63) is 121 Å². The highest BCUT2D eigenvalue weighted by molar-refractivity contribution is 5.97. The molecule has 4 aromatic carbocycles. The van der Waals surface area contributed by atoms with E-state index in [1.807, 2.05) is 6.92 Å². The summed E-state index contributed by atoms with van der Waals surface area (Å²) in [5.74, 6) is -0.964. The van der Waals surface area contributed by atoms with Gasteiger partial charge in [-0.3, -0.25) is 0 Å². The van der Waals surface area contributed by atoms with E-state index in [2.05, 4.69) is 13.2 Å². The molecule has 4 aromatic rings. The Balaban J connectivity index is 1.40. The number of rotatable bonds is 11. The van der Waals surface area contributed by atoms with E-state index in [-0.39, 0.29) is 18.1 Å². The molecule has 0 heterocycles. The maximum absolute atomic E-state index is 12.9. The van der Waals surface area contributed by atoms with Crippen molar-refractivity contribution in [3.8, 4) is 23.0 Å². The molecule has 42 heavy (non-hydrogen) atoms. The summed E-state index contributed by atoms with van der Waals surface area (Å²) in [7, 11) is 0. The number of carbonyl (C=O) groups is 4. The standard InChI is InChI=1S/C33H26O9/c1-4-21-18-28(15-16-29(21)42-32(36)22-9-12-26(13-10-22)40-31(35)6-3)41-33(37)25-8-7-24-19-27(14-11-23(24)17-25)38-20-39-30(34)5-2/h5-19H,2-4,20H2,1H3. The minimum atomic E-state index is -0.606. The van der Waals surface area contributed by atoms with Crippen LogP contribution in [0.2, 0.25) is 0 Å². The SMILES string of the molecule is C=CC(=O)OCOc1ccc2cc(C(=O)Oc3ccc(OC(=O)c4ccc(OC(=O)C=C)cc4)c(CC)c3)ccc2c1. The lowest BCUT2D eigenvalue weighted by molar-refractivity contribution is -0.144. The van der Waals surface area contributed by atoms with Crippen LogP contribution in [0.15, 0.2) is 104 Å². The zero-order valence-electron chi connectivity index (χ0n) is 22.7. The van der Waals surface area contributed by atoms with Crippen molar-refractivity contribution >= 4 is 34.6 Å². The fourth-order valence-electron chi connectivity index (χ4n) is 3.79. The minimum Gasteiger partial charge on any atom is -0.457 e. The van der Waals surface area contributed by atoms with Crippen molar-refractivity contribution in [2.45, 2.75) is 13.3 Å². The summed E-state index contributed by atoms with van der Waals surface area (Å²) >= 11 is 0. The Morgan fingerprint density at radius 3 is 1.98 bits per heavy atom. The third-order valence-electron chi connectivity index (χ3n) is 5.94. The number of fused-ring (bicyclic) bond motifs is 1. The Kier molecular flexibility index (Phi) is 9.47. The molecule has 0 aliphatic carbocycles. The van der Waals surface area contributed by atoms with Crippen LogP contribution >= 0.6 is 0 Å². The molecule has 0 bridgehead atoms. The van der Waals surface area contributed by atoms with Gasteiger partial charge in [0.25, 0.3) is 0 Å². The molecule has 0 aromatic heterocycles. The van der Waals surface area contributed by atoms with Gasteiger partial charge in [-0.1, -0.05) is 32.2 Å². The second kappa shape index (κ2) is 13.6. The number of hydrogen-bond acceptors (Lipinski definition) is 9. The molecule has 0 amide bonds. The molecule has 0 radical (unpaired) electrons. The molecule has 0 N–H and O–H groups in total. The van der Waals surface area contributed by atoms with Crippen LogP contribution in [0.25, 0.3) is 10.8 Å². The Bertz CT molecular complexity index is 1670. The molecule has 0 fully saturated rings. The number of carbonyl (C=O) groups excluding carboxylic acids is 4. The molecule has 0 unspecified atom stereocenters. The second-order valence-corrected chi connectivity index (χ2v) is 8.71. The van der Waals surface area contributed by atoms with Gasteiger partial charge in [-0.05, 0) is 89.5 Å². The van der Waals surface area contributed by atoms with Crippen molar-refractivity contribution < 1.29 is 42.9 Å². The Labute approximate surface area is 241 Å². The van der Waals surface area contributed by atoms with Gasteiger partial charge in [0.2, 0.25) is 6.79 Å². The van der Waals surface area contributed by atoms with Gasteiger partial charge in [0, 0.05) is 12.2 Å². The van der Waals surface area contributed by atoms with Crippen molar-refractivity contribution in [1.82, 2.24) is 0 Å². The van der Waals surface area contributed by atoms with Crippen molar-refractivity contribution in [2.24, 2.45) is 0 Å². The van der Waals surface area contributed by atoms with Crippen LogP contribution in [-0.2, 0) is 20.7 Å². The Morgan fingerprint density at radius 2 is 1.26 bits per heavy atom. The van der Waals surface area contributed by atoms with E-state index in [1.54, 1.807) is 54.6 Å². The average molecular weight is 567 g/mol. The molecule has 0 aliphatic heterocycles. The topological polar surface area (TPSA) is 114 Å². The van der Waals surface area contributed by atoms with Crippen LogP contribution in [0.5, 0.6) is 23.0 Å². The molecule has 0 saturated heterocycles. The largest absolute Gasteiger partial charge is 0.457 e. The summed E-state index contributed by atoms with van der Waals surface area (Å²) in [6, 6.07) is 21.0. The van der Waals surface area contributed by atoms with E-state index in [9.17, 15) is 19.2 Å². The highest BCUT2D eigenvalue weighted by Crippen LogP contribution is 2.28. The summed E-state index contributed by atoms with van der Waals surface area (Å²) in [4.78, 5) is 48.0. The molecular formula is C33H26O9. The highest BCUT2D eigenvalue weighted by atomic mass is 16.7. The van der Waals surface area contributed by atoms with Crippen LogP contribution in [0.4, 0.5) is 0 Å². The lowest BCUT2D eigenvalue weighted by Crippen LogP contribution is -2.11. The smallest absolute Gasteiger partial charge is 0.343 e. The molecule has 212 valence electrons. The monoisotopic (exact) mass is 566 g/mol. The minimum absolute atomic E-state index is 0.249. The fourth-order valence-corrected chi connectivity index (χ4v) is 3.79. The Hall–Kier alpha value is -5.70. The van der Waals surface area contributed by atoms with Gasteiger partial charge in [-0.15, -0.1) is 0 Å². The first-order chi connectivity index (χ1) is 20.3. The molecule has 0 saturated carbocycles. The molecular weight excluding hydrogens is 540 g/mol. The van der Waals surface area contributed by atoms with Gasteiger partial charge in [0.1, 0.15) is 23.0 Å². The predicted molar refractivity (Wildman–Crippen MR) is 154 cm³/mol. The van der Waals surface area contributed by atoms with Gasteiger partial charge >= 0.3 is 23.9 Å². The van der Waals surface area contributed by atoms with Gasteiger partial charge in [-0.25, -0.2) is 19.2 Å². The fraction of sp³-hybridized carbons (Fsp3) is 0.0909. The molecule has 9 nitrogen and oxygen atoms in total. The third-order valence-corrected chi connectivity index (χ3v) is 5.94. The summed E-state index contributed by atoms with van der Waals surface area (Å²) in [6.45, 7) is 8.29. The van der Waals surface area contributed by atoms with Crippen molar-refractivity contribution in [1.29, 1.82) is 0 Å². The first-order valence-electron chi connectivity index (χ1n) is 12.8. The van der Waals surface area contributed by atoms with Crippen LogP contribution in [-0.4, -0.2) is 30.7 Å². The normalized spacial score (nSPS) is 10.3. The lowest BCUT2D eigenvalue weighted by atomic mass is 10.1. The average Bonchev–Trinajstić information content (AvgIpc) is 3.01. The van der Waals surface area contributed by atoms with Crippen LogP contribution in [0, 0.1) is 0 Å². The number of hydrogen-bond donors (Lipinski definition) is 0. The number of ether oxygens (including phenoxy) is 5. The predicted octanol–water partition coefficient (Wildman–Crippen LogP) is 6.00. The zero-order valence-corrected chi connectivity index (χ0v) is 22.7. The summed E-state index contributed by atoms with van der Waals surface area (Å²) in [5, 5.41) is 1.59. The maximum Gasteiger partial charge on any atom is 0.343 e. The van der Waals surface area contributed by atoms with E-state index in [0.29, 0.717) is 34.8 Å².